The molecule has 0 radical (unpaired) electrons. The summed E-state index contributed by atoms with van der Waals surface area (Å²) in [5.41, 5.74) is -1.10. The summed E-state index contributed by atoms with van der Waals surface area (Å²) >= 11 is 0. The van der Waals surface area contributed by atoms with E-state index in [9.17, 15) is 18.5 Å². The first-order chi connectivity index (χ1) is 10.6. The van der Waals surface area contributed by atoms with Gasteiger partial charge in [-0.15, -0.1) is 0 Å². The second-order valence-corrected chi connectivity index (χ2v) is 4.98. The van der Waals surface area contributed by atoms with Gasteiger partial charge in [0.1, 0.15) is 5.76 Å². The van der Waals surface area contributed by atoms with Crippen LogP contribution in [0, 0.1) is 17.0 Å². The monoisotopic (exact) mass is 287 g/mol. The molecule has 0 saturated heterocycles. The number of aryl methyl sites for hydroxylation is 1. The van der Waals surface area contributed by atoms with Gasteiger partial charge < -0.3 is 4.52 Å². The quantitative estimate of drug-likeness (QED) is 0.675. The molecule has 8 nitrogen and oxygen atoms in total. The third kappa shape index (κ3) is 2.88. The lowest BCUT2D eigenvalue weighted by Gasteiger charge is -2.04. The first kappa shape index (κ1) is 8.64. The van der Waals surface area contributed by atoms with Crippen molar-refractivity contribution in [1.29, 1.82) is 0 Å². The minimum absolute atomic E-state index is 0.224. The van der Waals surface area contributed by atoms with Crippen LogP contribution in [0.1, 0.15) is 11.2 Å². The molecule has 0 aliphatic carbocycles. The highest BCUT2D eigenvalue weighted by molar-refractivity contribution is 7.92. The van der Waals surface area contributed by atoms with E-state index in [0.29, 0.717) is 5.76 Å². The number of anilines is 1. The minimum Gasteiger partial charge on any atom is -0.360 e. The van der Waals surface area contributed by atoms with Crippen molar-refractivity contribution in [1.82, 2.24) is 5.16 Å². The van der Waals surface area contributed by atoms with Crippen molar-refractivity contribution < 1.29 is 23.3 Å². The molecule has 0 bridgehead atoms. The van der Waals surface area contributed by atoms with Gasteiger partial charge >= 0.3 is 0 Å². The Labute approximate surface area is 113 Å². The molecule has 2 aromatic rings. The molecule has 1 N–H and O–H groups in total. The van der Waals surface area contributed by atoms with Crippen molar-refractivity contribution in [2.75, 3.05) is 4.72 Å². The summed E-state index contributed by atoms with van der Waals surface area (Å²) < 4.78 is 61.4. The van der Waals surface area contributed by atoms with Gasteiger partial charge in [-0.1, -0.05) is 5.16 Å². The number of nitrogens with zero attached hydrogens (tertiary/aromatic N) is 2. The second kappa shape index (κ2) is 4.69. The Hall–Kier alpha value is -2.42. The topological polar surface area (TPSA) is 115 Å². The van der Waals surface area contributed by atoms with E-state index in [1.54, 1.807) is 0 Å². The molecular formula is C10H9N3O5S. The number of hydrogen-bond acceptors (Lipinski definition) is 6. The molecule has 0 atom stereocenters. The zero-order valence-corrected chi connectivity index (χ0v) is 10.2. The zero-order chi connectivity index (χ0) is 17.5. The Kier molecular flexibility index (Phi) is 2.13. The minimum atomic E-state index is -4.56. The Morgan fingerprint density at radius 2 is 2.05 bits per heavy atom. The summed E-state index contributed by atoms with van der Waals surface area (Å²) in [5, 5.41) is 14.2. The lowest BCUT2D eigenvalue weighted by Crippen LogP contribution is -2.13. The van der Waals surface area contributed by atoms with Crippen molar-refractivity contribution in [3.05, 3.63) is 46.1 Å². The van der Waals surface area contributed by atoms with Crippen molar-refractivity contribution in [2.24, 2.45) is 0 Å². The highest BCUT2D eigenvalue weighted by atomic mass is 32.2. The highest BCUT2D eigenvalue weighted by Gasteiger charge is 2.17. The maximum absolute atomic E-state index is 12.3. The first-order valence-corrected chi connectivity index (χ1v) is 6.25. The fourth-order valence-electron chi connectivity index (χ4n) is 1.12. The molecule has 0 fully saturated rings. The molecule has 0 unspecified atom stereocenters. The van der Waals surface area contributed by atoms with E-state index in [-0.39, 0.29) is 5.82 Å². The van der Waals surface area contributed by atoms with E-state index >= 15 is 0 Å². The Morgan fingerprint density at radius 1 is 1.42 bits per heavy atom. The van der Waals surface area contributed by atoms with Crippen LogP contribution in [0.5, 0.6) is 0 Å². The van der Waals surface area contributed by atoms with Gasteiger partial charge in [-0.25, -0.2) is 8.42 Å². The molecule has 0 aliphatic rings. The number of benzene rings is 1. The lowest BCUT2D eigenvalue weighted by molar-refractivity contribution is -0.384. The van der Waals surface area contributed by atoms with Crippen LogP contribution in [0.2, 0.25) is 0 Å². The summed E-state index contributed by atoms with van der Waals surface area (Å²) in [4.78, 5) is 8.69. The molecule has 2 rings (SSSR count). The molecule has 9 heteroatoms. The molecule has 0 amide bonds. The van der Waals surface area contributed by atoms with E-state index in [2.05, 4.69) is 9.68 Å². The molecule has 100 valence electrons. The normalized spacial score (nSPS) is 14.2. The van der Waals surface area contributed by atoms with Crippen LogP contribution in [-0.2, 0) is 10.0 Å². The summed E-state index contributed by atoms with van der Waals surface area (Å²) in [6.45, 7) is 1.51. The van der Waals surface area contributed by atoms with Gasteiger partial charge in [0.05, 0.1) is 15.3 Å². The smallest absolute Gasteiger partial charge is 0.269 e. The van der Waals surface area contributed by atoms with Gasteiger partial charge in [0.2, 0.25) is 0 Å². The fraction of sp³-hybridized carbons (Fsp3) is 0.100. The fourth-order valence-corrected chi connectivity index (χ4v) is 1.97. The number of nitro groups is 1. The van der Waals surface area contributed by atoms with Gasteiger partial charge in [-0.2, -0.15) is 0 Å². The number of hydrogen-bond donors (Lipinski definition) is 1. The standard InChI is InChI=1S/C10H9N3O5S/c1-7-6-10(11-18-7)12-19(16,17)9-4-2-8(3-5-9)13(14)15/h2-6H,1H3,(H,11,12)/i2D,3D,4D,5D. The second-order valence-electron chi connectivity index (χ2n) is 3.36. The van der Waals surface area contributed by atoms with Crippen LogP contribution in [0.25, 0.3) is 0 Å². The predicted octanol–water partition coefficient (Wildman–Crippen LogP) is 1.69. The largest absolute Gasteiger partial charge is 0.360 e. The SMILES string of the molecule is [2H]c1c([2H])c(S(=O)(=O)Nc2cc(C)on2)c([2H])c([2H])c1[N+](=O)[O-]. The third-order valence-electron chi connectivity index (χ3n) is 1.91. The average molecular weight is 287 g/mol. The zero-order valence-electron chi connectivity index (χ0n) is 13.4. The number of aromatic nitrogens is 1. The van der Waals surface area contributed by atoms with Gasteiger partial charge in [-0.3, -0.25) is 14.8 Å². The van der Waals surface area contributed by atoms with Crippen LogP contribution in [0.15, 0.2) is 39.7 Å². The van der Waals surface area contributed by atoms with E-state index in [0.717, 1.165) is 0 Å². The summed E-state index contributed by atoms with van der Waals surface area (Å²) in [7, 11) is -4.56. The molecule has 1 aromatic heterocycles. The number of sulfonamides is 1. The van der Waals surface area contributed by atoms with Gasteiger partial charge in [0.25, 0.3) is 15.7 Å². The average Bonchev–Trinajstić information content (AvgIpc) is 2.80. The van der Waals surface area contributed by atoms with Gasteiger partial charge in [-0.05, 0) is 19.0 Å². The van der Waals surface area contributed by atoms with Crippen LogP contribution in [0.4, 0.5) is 11.5 Å². The van der Waals surface area contributed by atoms with Crippen molar-refractivity contribution in [3.63, 3.8) is 0 Å². The summed E-state index contributed by atoms with van der Waals surface area (Å²) in [6.07, 6.45) is 0. The Bertz CT molecular complexity index is 882. The lowest BCUT2D eigenvalue weighted by atomic mass is 10.3. The summed E-state index contributed by atoms with van der Waals surface area (Å²) in [6, 6.07) is -2.99. The third-order valence-corrected chi connectivity index (χ3v) is 3.13. The van der Waals surface area contributed by atoms with Crippen LogP contribution in [0.3, 0.4) is 0 Å². The van der Waals surface area contributed by atoms with Crippen LogP contribution >= 0.6 is 0 Å². The summed E-state index contributed by atoms with van der Waals surface area (Å²) in [5.74, 6) is 0.0728. The predicted molar refractivity (Wildman–Crippen MR) is 65.1 cm³/mol. The van der Waals surface area contributed by atoms with E-state index < -0.39 is 49.7 Å². The Morgan fingerprint density at radius 3 is 2.53 bits per heavy atom. The Balaban J connectivity index is 2.66. The van der Waals surface area contributed by atoms with Crippen molar-refractivity contribution >= 4 is 21.5 Å². The van der Waals surface area contributed by atoms with Gasteiger partial charge in [0.15, 0.2) is 5.82 Å². The maximum Gasteiger partial charge on any atom is 0.269 e. The van der Waals surface area contributed by atoms with Crippen LogP contribution in [-0.4, -0.2) is 18.5 Å². The van der Waals surface area contributed by atoms with E-state index in [1.807, 2.05) is 4.72 Å². The highest BCUT2D eigenvalue weighted by Crippen LogP contribution is 2.18. The van der Waals surface area contributed by atoms with Crippen molar-refractivity contribution in [2.45, 2.75) is 11.8 Å². The van der Waals surface area contributed by atoms with E-state index in [1.165, 1.54) is 13.0 Å². The molecule has 0 spiro atoms. The number of nitro benzene ring substituents is 1. The first-order valence-electron chi connectivity index (χ1n) is 6.77. The van der Waals surface area contributed by atoms with Crippen molar-refractivity contribution in [3.8, 4) is 0 Å². The molecule has 1 heterocycles. The van der Waals surface area contributed by atoms with E-state index in [4.69, 9.17) is 5.48 Å². The van der Waals surface area contributed by atoms with Gasteiger partial charge in [0, 0.05) is 18.2 Å². The molecule has 0 saturated carbocycles. The molecule has 19 heavy (non-hydrogen) atoms. The maximum atomic E-state index is 12.3. The molecular weight excluding hydrogens is 274 g/mol. The molecule has 1 aromatic carbocycles. The molecule has 0 aliphatic heterocycles. The van der Waals surface area contributed by atoms with Crippen LogP contribution < -0.4 is 4.72 Å². The number of nitrogens with one attached hydrogen (secondary N) is 1. The number of rotatable bonds is 4.